The first-order chi connectivity index (χ1) is 10.7. The summed E-state index contributed by atoms with van der Waals surface area (Å²) in [6, 6.07) is 7.57. The van der Waals surface area contributed by atoms with Crippen molar-refractivity contribution >= 4 is 11.7 Å². The van der Waals surface area contributed by atoms with Gasteiger partial charge in [-0.2, -0.15) is 5.10 Å². The lowest BCUT2D eigenvalue weighted by molar-refractivity contribution is 0.119. The van der Waals surface area contributed by atoms with E-state index in [1.54, 1.807) is 24.1 Å². The maximum absolute atomic E-state index is 11.9. The number of carbonyl (C=O) groups excluding carboxylic acids is 1. The molecule has 2 aromatic rings. The summed E-state index contributed by atoms with van der Waals surface area (Å²) in [4.78, 5) is 11.9. The highest BCUT2D eigenvalue weighted by atomic mass is 16.5. The van der Waals surface area contributed by atoms with E-state index in [1.807, 2.05) is 24.3 Å². The Morgan fingerprint density at radius 2 is 2.23 bits per heavy atom. The van der Waals surface area contributed by atoms with Crippen molar-refractivity contribution in [2.24, 2.45) is 7.05 Å². The highest BCUT2D eigenvalue weighted by Crippen LogP contribution is 2.27. The standard InChI is InChI=1S/C16H20N4O2/c1-20-11-13(10-18-20)19-16(21)17-9-12-5-2-3-8-15(12)22-14-6-4-7-14/h2-3,5,8,10-11,14H,4,6-7,9H2,1H3,(H2,17,19,21). The Morgan fingerprint density at radius 1 is 1.41 bits per heavy atom. The Balaban J connectivity index is 1.55. The molecular formula is C16H20N4O2. The summed E-state index contributed by atoms with van der Waals surface area (Å²) in [5.74, 6) is 0.855. The third kappa shape index (κ3) is 3.58. The van der Waals surface area contributed by atoms with Crippen molar-refractivity contribution in [1.29, 1.82) is 0 Å². The highest BCUT2D eigenvalue weighted by Gasteiger charge is 2.20. The lowest BCUT2D eigenvalue weighted by Crippen LogP contribution is -2.29. The van der Waals surface area contributed by atoms with E-state index in [1.165, 1.54) is 6.42 Å². The number of aromatic nitrogens is 2. The lowest BCUT2D eigenvalue weighted by Gasteiger charge is -2.27. The van der Waals surface area contributed by atoms with Gasteiger partial charge in [-0.05, 0) is 25.3 Å². The second-order valence-electron chi connectivity index (χ2n) is 5.49. The fourth-order valence-corrected chi connectivity index (χ4v) is 2.27. The molecule has 116 valence electrons. The normalized spacial score (nSPS) is 14.2. The van der Waals surface area contributed by atoms with E-state index in [0.717, 1.165) is 24.2 Å². The van der Waals surface area contributed by atoms with Crippen LogP contribution in [0, 0.1) is 0 Å². The molecule has 1 saturated carbocycles. The first kappa shape index (κ1) is 14.4. The van der Waals surface area contributed by atoms with Crippen LogP contribution in [0.5, 0.6) is 5.75 Å². The van der Waals surface area contributed by atoms with Gasteiger partial charge in [0.15, 0.2) is 0 Å². The van der Waals surface area contributed by atoms with Crippen molar-refractivity contribution in [3.8, 4) is 5.75 Å². The van der Waals surface area contributed by atoms with Gasteiger partial charge in [0.05, 0.1) is 18.0 Å². The number of aryl methyl sites for hydroxylation is 1. The Morgan fingerprint density at radius 3 is 2.91 bits per heavy atom. The summed E-state index contributed by atoms with van der Waals surface area (Å²) in [6.45, 7) is 0.426. The Hall–Kier alpha value is -2.50. The summed E-state index contributed by atoms with van der Waals surface area (Å²) >= 11 is 0. The number of nitrogens with zero attached hydrogens (tertiary/aromatic N) is 2. The van der Waals surface area contributed by atoms with E-state index >= 15 is 0 Å². The monoisotopic (exact) mass is 300 g/mol. The molecule has 3 rings (SSSR count). The lowest BCUT2D eigenvalue weighted by atomic mass is 9.96. The molecule has 2 amide bonds. The molecule has 22 heavy (non-hydrogen) atoms. The summed E-state index contributed by atoms with van der Waals surface area (Å²) in [5, 5.41) is 9.59. The van der Waals surface area contributed by atoms with Crippen molar-refractivity contribution in [3.05, 3.63) is 42.2 Å². The van der Waals surface area contributed by atoms with E-state index < -0.39 is 0 Å². The van der Waals surface area contributed by atoms with Crippen LogP contribution in [-0.4, -0.2) is 21.9 Å². The smallest absolute Gasteiger partial charge is 0.319 e. The average molecular weight is 300 g/mol. The van der Waals surface area contributed by atoms with Gasteiger partial charge in [0.2, 0.25) is 0 Å². The van der Waals surface area contributed by atoms with Gasteiger partial charge >= 0.3 is 6.03 Å². The molecule has 2 N–H and O–H groups in total. The molecule has 0 spiro atoms. The van der Waals surface area contributed by atoms with Gasteiger partial charge < -0.3 is 15.4 Å². The number of benzene rings is 1. The highest BCUT2D eigenvalue weighted by molar-refractivity contribution is 5.88. The molecule has 6 nitrogen and oxygen atoms in total. The molecule has 0 saturated heterocycles. The van der Waals surface area contributed by atoms with Crippen LogP contribution < -0.4 is 15.4 Å². The van der Waals surface area contributed by atoms with E-state index in [-0.39, 0.29) is 6.03 Å². The van der Waals surface area contributed by atoms with Gasteiger partial charge in [-0.15, -0.1) is 0 Å². The topological polar surface area (TPSA) is 68.2 Å². The molecule has 0 aliphatic heterocycles. The third-order valence-corrected chi connectivity index (χ3v) is 3.72. The predicted molar refractivity (Wildman–Crippen MR) is 83.8 cm³/mol. The zero-order valence-corrected chi connectivity index (χ0v) is 12.6. The van der Waals surface area contributed by atoms with Gasteiger partial charge in [0, 0.05) is 25.4 Å². The van der Waals surface area contributed by atoms with Gasteiger partial charge in [-0.3, -0.25) is 4.68 Å². The zero-order chi connectivity index (χ0) is 15.4. The number of anilines is 1. The molecule has 1 fully saturated rings. The Kier molecular flexibility index (Phi) is 4.27. The first-order valence-electron chi connectivity index (χ1n) is 7.49. The van der Waals surface area contributed by atoms with E-state index in [9.17, 15) is 4.79 Å². The summed E-state index contributed by atoms with van der Waals surface area (Å²) < 4.78 is 7.59. The minimum Gasteiger partial charge on any atom is -0.490 e. The molecule has 1 aliphatic rings. The van der Waals surface area contributed by atoms with Gasteiger partial charge in [0.1, 0.15) is 5.75 Å². The number of urea groups is 1. The van der Waals surface area contributed by atoms with Crippen LogP contribution in [0.3, 0.4) is 0 Å². The SMILES string of the molecule is Cn1cc(NC(=O)NCc2ccccc2OC2CCC2)cn1. The van der Waals surface area contributed by atoms with Crippen molar-refractivity contribution in [3.63, 3.8) is 0 Å². The molecular weight excluding hydrogens is 280 g/mol. The number of nitrogens with one attached hydrogen (secondary N) is 2. The number of hydrogen-bond donors (Lipinski definition) is 2. The second kappa shape index (κ2) is 6.51. The third-order valence-electron chi connectivity index (χ3n) is 3.72. The molecule has 0 radical (unpaired) electrons. The number of ether oxygens (including phenoxy) is 1. The van der Waals surface area contributed by atoms with Crippen LogP contribution >= 0.6 is 0 Å². The fraction of sp³-hybridized carbons (Fsp3) is 0.375. The van der Waals surface area contributed by atoms with Crippen LogP contribution in [0.4, 0.5) is 10.5 Å². The fourth-order valence-electron chi connectivity index (χ4n) is 2.27. The number of amides is 2. The first-order valence-corrected chi connectivity index (χ1v) is 7.49. The van der Waals surface area contributed by atoms with Gasteiger partial charge in [-0.1, -0.05) is 18.2 Å². The van der Waals surface area contributed by atoms with Crippen molar-refractivity contribution in [1.82, 2.24) is 15.1 Å². The van der Waals surface area contributed by atoms with Gasteiger partial charge in [-0.25, -0.2) is 4.79 Å². The average Bonchev–Trinajstić information content (AvgIpc) is 2.87. The minimum atomic E-state index is -0.258. The summed E-state index contributed by atoms with van der Waals surface area (Å²) in [5.41, 5.74) is 1.65. The summed E-state index contributed by atoms with van der Waals surface area (Å²) in [6.07, 6.45) is 7.14. The molecule has 1 aliphatic carbocycles. The van der Waals surface area contributed by atoms with Crippen molar-refractivity contribution < 1.29 is 9.53 Å². The molecule has 0 unspecified atom stereocenters. The van der Waals surface area contributed by atoms with Crippen molar-refractivity contribution in [2.45, 2.75) is 31.9 Å². The largest absolute Gasteiger partial charge is 0.490 e. The Labute approximate surface area is 129 Å². The predicted octanol–water partition coefficient (Wildman–Crippen LogP) is 2.67. The maximum Gasteiger partial charge on any atom is 0.319 e. The molecule has 0 bridgehead atoms. The van der Waals surface area contributed by atoms with E-state index in [4.69, 9.17) is 4.74 Å². The molecule has 1 aromatic carbocycles. The Bertz CT molecular complexity index is 649. The van der Waals surface area contributed by atoms with E-state index in [0.29, 0.717) is 18.3 Å². The maximum atomic E-state index is 11.9. The number of para-hydroxylation sites is 1. The minimum absolute atomic E-state index is 0.258. The summed E-state index contributed by atoms with van der Waals surface area (Å²) in [7, 11) is 1.80. The van der Waals surface area contributed by atoms with Crippen LogP contribution in [0.2, 0.25) is 0 Å². The number of hydrogen-bond acceptors (Lipinski definition) is 3. The number of carbonyl (C=O) groups is 1. The molecule has 1 aromatic heterocycles. The quantitative estimate of drug-likeness (QED) is 0.892. The van der Waals surface area contributed by atoms with Crippen LogP contribution in [0.25, 0.3) is 0 Å². The molecule has 6 heteroatoms. The van der Waals surface area contributed by atoms with Crippen LogP contribution in [0.1, 0.15) is 24.8 Å². The van der Waals surface area contributed by atoms with Crippen LogP contribution in [-0.2, 0) is 13.6 Å². The van der Waals surface area contributed by atoms with E-state index in [2.05, 4.69) is 15.7 Å². The van der Waals surface area contributed by atoms with Gasteiger partial charge in [0.25, 0.3) is 0 Å². The molecule has 0 atom stereocenters. The second-order valence-corrected chi connectivity index (χ2v) is 5.49. The molecule has 1 heterocycles. The zero-order valence-electron chi connectivity index (χ0n) is 12.6. The van der Waals surface area contributed by atoms with Crippen molar-refractivity contribution in [2.75, 3.05) is 5.32 Å². The number of rotatable bonds is 5. The van der Waals surface area contributed by atoms with Crippen LogP contribution in [0.15, 0.2) is 36.7 Å².